The van der Waals surface area contributed by atoms with Gasteiger partial charge in [0.05, 0.1) is 0 Å². The number of pyridine rings is 1. The van der Waals surface area contributed by atoms with Gasteiger partial charge in [0.2, 0.25) is 0 Å². The van der Waals surface area contributed by atoms with Gasteiger partial charge >= 0.3 is 0 Å². The van der Waals surface area contributed by atoms with Crippen molar-refractivity contribution >= 4 is 17.6 Å². The van der Waals surface area contributed by atoms with Gasteiger partial charge in [-0.25, -0.2) is 4.98 Å². The number of hydrogen-bond donors (Lipinski definition) is 2. The van der Waals surface area contributed by atoms with Crippen LogP contribution >= 0.6 is 11.8 Å². The van der Waals surface area contributed by atoms with Crippen molar-refractivity contribution in [3.63, 3.8) is 0 Å². The summed E-state index contributed by atoms with van der Waals surface area (Å²) in [5, 5.41) is 3.33. The third-order valence-electron chi connectivity index (χ3n) is 2.47. The minimum atomic E-state index is 0.475. The molecule has 0 saturated heterocycles. The Morgan fingerprint density at radius 3 is 3.00 bits per heavy atom. The van der Waals surface area contributed by atoms with Crippen molar-refractivity contribution in [1.29, 1.82) is 0 Å². The molecule has 0 saturated carbocycles. The second kappa shape index (κ2) is 7.52. The summed E-state index contributed by atoms with van der Waals surface area (Å²) < 4.78 is 0. The molecule has 1 atom stereocenters. The Morgan fingerprint density at radius 2 is 2.38 bits per heavy atom. The molecule has 4 heteroatoms. The molecule has 1 heterocycles. The van der Waals surface area contributed by atoms with Crippen LogP contribution in [0.1, 0.15) is 18.9 Å². The van der Waals surface area contributed by atoms with Gasteiger partial charge in [0.15, 0.2) is 0 Å². The normalized spacial score (nSPS) is 12.6. The highest BCUT2D eigenvalue weighted by molar-refractivity contribution is 7.99. The third kappa shape index (κ3) is 4.41. The Labute approximate surface area is 102 Å². The lowest BCUT2D eigenvalue weighted by atomic mass is 10.1. The van der Waals surface area contributed by atoms with E-state index >= 15 is 0 Å². The monoisotopic (exact) mass is 239 g/mol. The summed E-state index contributed by atoms with van der Waals surface area (Å²) >= 11 is 1.99. The average Bonchev–Trinajstić information content (AvgIpc) is 2.30. The molecule has 16 heavy (non-hydrogen) atoms. The van der Waals surface area contributed by atoms with Crippen LogP contribution in [0.3, 0.4) is 0 Å². The molecule has 0 bridgehead atoms. The van der Waals surface area contributed by atoms with Gasteiger partial charge in [0.25, 0.3) is 0 Å². The minimum absolute atomic E-state index is 0.475. The van der Waals surface area contributed by atoms with Gasteiger partial charge in [0, 0.05) is 18.0 Å². The lowest BCUT2D eigenvalue weighted by Crippen LogP contribution is -2.30. The molecule has 3 N–H and O–H groups in total. The molecule has 0 spiro atoms. The fraction of sp³-hybridized carbons (Fsp3) is 0.583. The predicted molar refractivity (Wildman–Crippen MR) is 72.8 cm³/mol. The van der Waals surface area contributed by atoms with E-state index in [1.165, 1.54) is 12.2 Å². The molecule has 1 unspecified atom stereocenters. The van der Waals surface area contributed by atoms with Crippen LogP contribution in [0.15, 0.2) is 18.3 Å². The molecular weight excluding hydrogens is 218 g/mol. The number of aromatic nitrogens is 1. The third-order valence-corrected chi connectivity index (χ3v) is 3.80. The minimum Gasteiger partial charge on any atom is -0.383 e. The lowest BCUT2D eigenvalue weighted by Gasteiger charge is -2.16. The zero-order valence-corrected chi connectivity index (χ0v) is 10.9. The first-order chi connectivity index (χ1) is 7.77. The molecule has 0 aliphatic rings. The quantitative estimate of drug-likeness (QED) is 0.714. The second-order valence-corrected chi connectivity index (χ2v) is 4.96. The first-order valence-electron chi connectivity index (χ1n) is 5.72. The van der Waals surface area contributed by atoms with E-state index in [0.29, 0.717) is 11.9 Å². The summed E-state index contributed by atoms with van der Waals surface area (Å²) in [5.41, 5.74) is 6.97. The Balaban J connectivity index is 2.46. The number of rotatable bonds is 7. The van der Waals surface area contributed by atoms with Gasteiger partial charge in [-0.1, -0.05) is 13.0 Å². The number of thioether (sulfide) groups is 1. The summed E-state index contributed by atoms with van der Waals surface area (Å²) in [5.74, 6) is 3.00. The lowest BCUT2D eigenvalue weighted by molar-refractivity contribution is 0.617. The van der Waals surface area contributed by atoms with Crippen molar-refractivity contribution in [3.8, 4) is 0 Å². The number of nitrogens with two attached hydrogens (primary N) is 1. The van der Waals surface area contributed by atoms with Crippen LogP contribution in [0.25, 0.3) is 0 Å². The molecule has 1 aromatic heterocycles. The van der Waals surface area contributed by atoms with Crippen LogP contribution in [-0.2, 0) is 6.42 Å². The maximum Gasteiger partial charge on any atom is 0.126 e. The van der Waals surface area contributed by atoms with Crippen molar-refractivity contribution in [2.24, 2.45) is 0 Å². The summed E-state index contributed by atoms with van der Waals surface area (Å²) in [6.45, 7) is 2.21. The Hall–Kier alpha value is -0.740. The van der Waals surface area contributed by atoms with Gasteiger partial charge in [-0.15, -0.1) is 0 Å². The van der Waals surface area contributed by atoms with Crippen molar-refractivity contribution in [2.75, 3.05) is 24.3 Å². The molecule has 0 aliphatic heterocycles. The fourth-order valence-electron chi connectivity index (χ4n) is 1.50. The van der Waals surface area contributed by atoms with Gasteiger partial charge in [-0.3, -0.25) is 0 Å². The number of nitrogens with one attached hydrogen (secondary N) is 1. The number of anilines is 1. The van der Waals surface area contributed by atoms with E-state index < -0.39 is 0 Å². The zero-order chi connectivity index (χ0) is 11.8. The van der Waals surface area contributed by atoms with E-state index in [0.717, 1.165) is 17.7 Å². The van der Waals surface area contributed by atoms with E-state index in [4.69, 9.17) is 5.73 Å². The van der Waals surface area contributed by atoms with Crippen LogP contribution in [0.5, 0.6) is 0 Å². The highest BCUT2D eigenvalue weighted by Crippen LogP contribution is 2.13. The highest BCUT2D eigenvalue weighted by Gasteiger charge is 2.09. The average molecular weight is 239 g/mol. The van der Waals surface area contributed by atoms with Crippen molar-refractivity contribution in [2.45, 2.75) is 25.8 Å². The molecule has 0 fully saturated rings. The van der Waals surface area contributed by atoms with E-state index in [-0.39, 0.29) is 0 Å². The maximum absolute atomic E-state index is 5.83. The van der Waals surface area contributed by atoms with Gasteiger partial charge < -0.3 is 11.1 Å². The van der Waals surface area contributed by atoms with Crippen LogP contribution in [0.2, 0.25) is 0 Å². The molecule has 0 radical (unpaired) electrons. The Bertz CT molecular complexity index is 304. The second-order valence-electron chi connectivity index (χ2n) is 3.81. The molecule has 0 aromatic carbocycles. The zero-order valence-electron chi connectivity index (χ0n) is 10.1. The highest BCUT2D eigenvalue weighted by atomic mass is 32.2. The largest absolute Gasteiger partial charge is 0.383 e. The fourth-order valence-corrected chi connectivity index (χ4v) is 2.53. The standard InChI is InChI=1S/C12H21N3S/c1-3-7-16-9-11(14-2)8-10-5-4-6-15-12(10)13/h4-6,11,14H,3,7-9H2,1-2H3,(H2,13,15). The van der Waals surface area contributed by atoms with Crippen LogP contribution in [0.4, 0.5) is 5.82 Å². The topological polar surface area (TPSA) is 50.9 Å². The predicted octanol–water partition coefficient (Wildman–Crippen LogP) is 1.94. The van der Waals surface area contributed by atoms with E-state index in [1.54, 1.807) is 6.20 Å². The maximum atomic E-state index is 5.83. The van der Waals surface area contributed by atoms with Crippen LogP contribution in [0, 0.1) is 0 Å². The van der Waals surface area contributed by atoms with Crippen LogP contribution in [-0.4, -0.2) is 29.6 Å². The van der Waals surface area contributed by atoms with Gasteiger partial charge in [-0.05, 0) is 37.3 Å². The number of nitrogens with zero attached hydrogens (tertiary/aromatic N) is 1. The van der Waals surface area contributed by atoms with E-state index in [1.807, 2.05) is 24.9 Å². The Kier molecular flexibility index (Phi) is 6.26. The summed E-state index contributed by atoms with van der Waals surface area (Å²) in [6.07, 6.45) is 3.92. The first-order valence-corrected chi connectivity index (χ1v) is 6.87. The van der Waals surface area contributed by atoms with Gasteiger partial charge in [-0.2, -0.15) is 11.8 Å². The summed E-state index contributed by atoms with van der Waals surface area (Å²) in [6, 6.07) is 4.47. The van der Waals surface area contributed by atoms with Crippen LogP contribution < -0.4 is 11.1 Å². The summed E-state index contributed by atoms with van der Waals surface area (Å²) in [4.78, 5) is 4.11. The summed E-state index contributed by atoms with van der Waals surface area (Å²) in [7, 11) is 2.00. The van der Waals surface area contributed by atoms with E-state index in [9.17, 15) is 0 Å². The molecule has 1 rings (SSSR count). The SMILES string of the molecule is CCCSCC(Cc1cccnc1N)NC. The van der Waals surface area contributed by atoms with E-state index in [2.05, 4.69) is 23.3 Å². The smallest absolute Gasteiger partial charge is 0.126 e. The number of hydrogen-bond acceptors (Lipinski definition) is 4. The van der Waals surface area contributed by atoms with Crippen molar-refractivity contribution in [3.05, 3.63) is 23.9 Å². The molecule has 1 aromatic rings. The number of nitrogen functional groups attached to an aromatic ring is 1. The number of likely N-dealkylation sites (N-methyl/N-ethyl adjacent to an activating group) is 1. The molecule has 0 amide bonds. The Morgan fingerprint density at radius 1 is 1.56 bits per heavy atom. The van der Waals surface area contributed by atoms with Crippen molar-refractivity contribution < 1.29 is 0 Å². The molecule has 90 valence electrons. The van der Waals surface area contributed by atoms with Crippen molar-refractivity contribution in [1.82, 2.24) is 10.3 Å². The first kappa shape index (κ1) is 13.3. The van der Waals surface area contributed by atoms with Gasteiger partial charge in [0.1, 0.15) is 5.82 Å². The molecule has 3 nitrogen and oxygen atoms in total. The molecule has 0 aliphatic carbocycles. The molecular formula is C12H21N3S.